The maximum atomic E-state index is 12.2. The molecule has 0 aliphatic heterocycles. The normalized spacial score (nSPS) is 11.3. The van der Waals surface area contributed by atoms with Gasteiger partial charge < -0.3 is 5.32 Å². The van der Waals surface area contributed by atoms with E-state index in [4.69, 9.17) is 23.2 Å². The highest BCUT2D eigenvalue weighted by atomic mass is 35.5. The molecule has 2 aromatic carbocycles. The molecule has 0 unspecified atom stereocenters. The van der Waals surface area contributed by atoms with E-state index in [1.54, 1.807) is 11.8 Å². The largest absolute Gasteiger partial charge is 0.354 e. The molecule has 0 saturated heterocycles. The Morgan fingerprint density at radius 1 is 1.11 bits per heavy atom. The lowest BCUT2D eigenvalue weighted by molar-refractivity contribution is -0.119. The van der Waals surface area contributed by atoms with Gasteiger partial charge in [-0.25, -0.2) is 8.42 Å². The zero-order valence-electron chi connectivity index (χ0n) is 14.9. The van der Waals surface area contributed by atoms with E-state index in [-0.39, 0.29) is 12.2 Å². The summed E-state index contributed by atoms with van der Waals surface area (Å²) in [6.07, 6.45) is 1.03. The number of amides is 1. The summed E-state index contributed by atoms with van der Waals surface area (Å²) in [7, 11) is -3.67. The fourth-order valence-electron chi connectivity index (χ4n) is 2.26. The predicted molar refractivity (Wildman–Crippen MR) is 114 cm³/mol. The average Bonchev–Trinajstić information content (AvgIpc) is 2.56. The molecule has 27 heavy (non-hydrogen) atoms. The van der Waals surface area contributed by atoms with Crippen molar-refractivity contribution in [2.75, 3.05) is 29.4 Å². The van der Waals surface area contributed by atoms with Crippen molar-refractivity contribution < 1.29 is 13.2 Å². The van der Waals surface area contributed by atoms with Crippen molar-refractivity contribution in [3.8, 4) is 0 Å². The van der Waals surface area contributed by atoms with Crippen LogP contribution in [0.5, 0.6) is 0 Å². The first-order valence-electron chi connectivity index (χ1n) is 8.05. The van der Waals surface area contributed by atoms with Gasteiger partial charge in [-0.15, -0.1) is 11.8 Å². The van der Waals surface area contributed by atoms with E-state index in [9.17, 15) is 13.2 Å². The van der Waals surface area contributed by atoms with Crippen LogP contribution in [0.3, 0.4) is 0 Å². The molecule has 1 amide bonds. The highest BCUT2D eigenvalue weighted by Gasteiger charge is 2.21. The lowest BCUT2D eigenvalue weighted by atomic mass is 10.2. The number of carbonyl (C=O) groups is 1. The van der Waals surface area contributed by atoms with Crippen LogP contribution in [0.4, 0.5) is 5.69 Å². The van der Waals surface area contributed by atoms with E-state index in [1.165, 1.54) is 23.8 Å². The number of carbonyl (C=O) groups excluding carboxylic acids is 1. The molecule has 146 valence electrons. The van der Waals surface area contributed by atoms with Crippen LogP contribution in [-0.4, -0.2) is 39.4 Å². The Bertz CT molecular complexity index is 883. The maximum Gasteiger partial charge on any atom is 0.240 e. The Labute approximate surface area is 174 Å². The summed E-state index contributed by atoms with van der Waals surface area (Å²) in [5, 5.41) is 3.32. The third-order valence-electron chi connectivity index (χ3n) is 3.54. The second kappa shape index (κ2) is 9.68. The van der Waals surface area contributed by atoms with Gasteiger partial charge in [0.05, 0.1) is 11.9 Å². The minimum absolute atomic E-state index is 0.249. The van der Waals surface area contributed by atoms with Crippen LogP contribution >= 0.6 is 35.0 Å². The third kappa shape index (κ3) is 7.25. The van der Waals surface area contributed by atoms with Gasteiger partial charge in [-0.05, 0) is 37.3 Å². The van der Waals surface area contributed by atoms with Gasteiger partial charge in [0.25, 0.3) is 0 Å². The molecule has 0 aliphatic rings. The molecule has 0 aromatic heterocycles. The molecule has 0 heterocycles. The van der Waals surface area contributed by atoms with Crippen LogP contribution in [0.25, 0.3) is 0 Å². The van der Waals surface area contributed by atoms with E-state index >= 15 is 0 Å². The summed E-state index contributed by atoms with van der Waals surface area (Å²) in [5.41, 5.74) is 1.44. The number of hydrogen-bond donors (Lipinski definition) is 1. The fourth-order valence-corrected chi connectivity index (χ4v) is 4.39. The summed E-state index contributed by atoms with van der Waals surface area (Å²) in [6.45, 7) is 2.10. The van der Waals surface area contributed by atoms with Gasteiger partial charge in [-0.2, -0.15) is 0 Å². The minimum Gasteiger partial charge on any atom is -0.354 e. The third-order valence-corrected chi connectivity index (χ3v) is 6.13. The Morgan fingerprint density at radius 2 is 1.70 bits per heavy atom. The summed E-state index contributed by atoms with van der Waals surface area (Å²) < 4.78 is 25.2. The molecule has 0 bridgehead atoms. The molecule has 1 N–H and O–H groups in total. The first-order valence-corrected chi connectivity index (χ1v) is 11.6. The Kier molecular flexibility index (Phi) is 7.85. The van der Waals surface area contributed by atoms with Gasteiger partial charge in [-0.3, -0.25) is 9.10 Å². The molecule has 2 aromatic rings. The first kappa shape index (κ1) is 21.9. The molecule has 2 rings (SSSR count). The van der Waals surface area contributed by atoms with Crippen molar-refractivity contribution in [1.29, 1.82) is 0 Å². The van der Waals surface area contributed by atoms with E-state index in [0.717, 1.165) is 15.5 Å². The van der Waals surface area contributed by atoms with Gasteiger partial charge >= 0.3 is 0 Å². The van der Waals surface area contributed by atoms with E-state index in [0.29, 0.717) is 22.3 Å². The number of nitrogens with zero attached hydrogens (tertiary/aromatic N) is 1. The summed E-state index contributed by atoms with van der Waals surface area (Å²) in [4.78, 5) is 13.3. The molecular weight excluding hydrogens is 427 g/mol. The monoisotopic (exact) mass is 446 g/mol. The number of anilines is 1. The second-order valence-electron chi connectivity index (χ2n) is 5.91. The Hall–Kier alpha value is -1.41. The van der Waals surface area contributed by atoms with Gasteiger partial charge in [0.2, 0.25) is 15.9 Å². The smallest absolute Gasteiger partial charge is 0.240 e. The maximum absolute atomic E-state index is 12.2. The molecule has 9 heteroatoms. The van der Waals surface area contributed by atoms with E-state index < -0.39 is 15.9 Å². The van der Waals surface area contributed by atoms with Crippen molar-refractivity contribution >= 4 is 56.6 Å². The van der Waals surface area contributed by atoms with Crippen molar-refractivity contribution in [3.05, 3.63) is 58.1 Å². The number of halogens is 2. The molecule has 0 aliphatic carbocycles. The number of nitrogens with one attached hydrogen (secondary N) is 1. The average molecular weight is 447 g/mol. The molecular formula is C18H20Cl2N2O3S2. The Morgan fingerprint density at radius 3 is 2.26 bits per heavy atom. The summed E-state index contributed by atoms with van der Waals surface area (Å²) in [5.74, 6) is 0.275. The zero-order valence-corrected chi connectivity index (χ0v) is 18.1. The molecule has 0 saturated carbocycles. The van der Waals surface area contributed by atoms with Crippen LogP contribution in [0.1, 0.15) is 5.56 Å². The van der Waals surface area contributed by atoms with Gasteiger partial charge in [0.1, 0.15) is 6.54 Å². The SMILES string of the molecule is Cc1ccc(SCCNC(=O)CN(c2cc(Cl)cc(Cl)c2)S(C)(=O)=O)cc1. The molecule has 0 radical (unpaired) electrons. The van der Waals surface area contributed by atoms with Gasteiger partial charge in [0.15, 0.2) is 0 Å². The van der Waals surface area contributed by atoms with Crippen LogP contribution in [0.2, 0.25) is 10.0 Å². The van der Waals surface area contributed by atoms with Crippen LogP contribution in [-0.2, 0) is 14.8 Å². The fraction of sp³-hybridized carbons (Fsp3) is 0.278. The quantitative estimate of drug-likeness (QED) is 0.491. The molecule has 0 spiro atoms. The minimum atomic E-state index is -3.67. The van der Waals surface area contributed by atoms with E-state index in [1.807, 2.05) is 31.2 Å². The lowest BCUT2D eigenvalue weighted by Crippen LogP contribution is -2.41. The highest BCUT2D eigenvalue weighted by Crippen LogP contribution is 2.26. The van der Waals surface area contributed by atoms with Crippen LogP contribution < -0.4 is 9.62 Å². The summed E-state index contributed by atoms with van der Waals surface area (Å²) in [6, 6.07) is 12.5. The number of rotatable bonds is 8. The summed E-state index contributed by atoms with van der Waals surface area (Å²) >= 11 is 13.5. The molecule has 0 fully saturated rings. The highest BCUT2D eigenvalue weighted by molar-refractivity contribution is 7.99. The first-order chi connectivity index (χ1) is 12.6. The topological polar surface area (TPSA) is 66.5 Å². The lowest BCUT2D eigenvalue weighted by Gasteiger charge is -2.22. The van der Waals surface area contributed by atoms with Crippen molar-refractivity contribution in [1.82, 2.24) is 5.32 Å². The zero-order chi connectivity index (χ0) is 20.0. The van der Waals surface area contributed by atoms with E-state index in [2.05, 4.69) is 5.32 Å². The van der Waals surface area contributed by atoms with Gasteiger partial charge in [-0.1, -0.05) is 40.9 Å². The predicted octanol–water partition coefficient (Wildman–Crippen LogP) is 3.98. The number of thioether (sulfide) groups is 1. The number of hydrogen-bond acceptors (Lipinski definition) is 4. The number of sulfonamides is 1. The van der Waals surface area contributed by atoms with Crippen molar-refractivity contribution in [2.45, 2.75) is 11.8 Å². The standard InChI is InChI=1S/C18H20Cl2N2O3S2/c1-13-3-5-17(6-4-13)26-8-7-21-18(23)12-22(27(2,24)25)16-10-14(19)9-15(20)11-16/h3-6,9-11H,7-8,12H2,1-2H3,(H,21,23). The molecule has 0 atom stereocenters. The van der Waals surface area contributed by atoms with Gasteiger partial charge in [0, 0.05) is 27.2 Å². The van der Waals surface area contributed by atoms with Crippen LogP contribution in [0.15, 0.2) is 47.4 Å². The van der Waals surface area contributed by atoms with Crippen LogP contribution in [0, 0.1) is 6.92 Å². The van der Waals surface area contributed by atoms with Crippen molar-refractivity contribution in [2.24, 2.45) is 0 Å². The Balaban J connectivity index is 1.93. The number of aryl methyl sites for hydroxylation is 1. The second-order valence-corrected chi connectivity index (χ2v) is 9.86. The van der Waals surface area contributed by atoms with Crippen molar-refractivity contribution in [3.63, 3.8) is 0 Å². The molecule has 5 nitrogen and oxygen atoms in total. The number of benzene rings is 2.